The van der Waals surface area contributed by atoms with Crippen molar-refractivity contribution in [3.8, 4) is 0 Å². The van der Waals surface area contributed by atoms with Crippen LogP contribution in [0.25, 0.3) is 0 Å². The summed E-state index contributed by atoms with van der Waals surface area (Å²) in [5, 5.41) is 6.66. The van der Waals surface area contributed by atoms with E-state index in [-0.39, 0.29) is 18.4 Å². The normalized spacial score (nSPS) is 16.9. The summed E-state index contributed by atoms with van der Waals surface area (Å²) in [6.07, 6.45) is 2.89. The second-order valence-corrected chi connectivity index (χ2v) is 4.10. The van der Waals surface area contributed by atoms with Crippen molar-refractivity contribution in [1.29, 1.82) is 0 Å². The van der Waals surface area contributed by atoms with Crippen LogP contribution in [0.5, 0.6) is 0 Å². The fourth-order valence-electron chi connectivity index (χ4n) is 1.87. The second kappa shape index (κ2) is 4.99. The van der Waals surface area contributed by atoms with E-state index in [2.05, 4.69) is 10.4 Å². The fraction of sp³-hybridized carbons (Fsp3) is 0.545. The van der Waals surface area contributed by atoms with Gasteiger partial charge in [-0.3, -0.25) is 14.3 Å². The molecule has 92 valence electrons. The van der Waals surface area contributed by atoms with Crippen molar-refractivity contribution in [2.24, 2.45) is 7.05 Å². The van der Waals surface area contributed by atoms with Crippen molar-refractivity contribution >= 4 is 11.8 Å². The van der Waals surface area contributed by atoms with E-state index in [0.29, 0.717) is 19.5 Å². The molecule has 2 heterocycles. The second-order valence-electron chi connectivity index (χ2n) is 4.10. The highest BCUT2D eigenvalue weighted by atomic mass is 16.2. The molecule has 1 saturated heterocycles. The molecule has 0 saturated carbocycles. The highest BCUT2D eigenvalue weighted by Crippen LogP contribution is 2.03. The summed E-state index contributed by atoms with van der Waals surface area (Å²) >= 11 is 0. The summed E-state index contributed by atoms with van der Waals surface area (Å²) in [4.78, 5) is 24.6. The zero-order valence-electron chi connectivity index (χ0n) is 9.85. The molecule has 0 atom stereocenters. The molecule has 2 amide bonds. The Morgan fingerprint density at radius 2 is 2.29 bits per heavy atom. The molecular formula is C11H16N4O2. The summed E-state index contributed by atoms with van der Waals surface area (Å²) in [6.45, 7) is 1.25. The zero-order valence-corrected chi connectivity index (χ0v) is 9.85. The van der Waals surface area contributed by atoms with Crippen LogP contribution in [-0.4, -0.2) is 46.1 Å². The number of carbonyl (C=O) groups is 2. The lowest BCUT2D eigenvalue weighted by molar-refractivity contribution is -0.130. The van der Waals surface area contributed by atoms with Crippen LogP contribution in [0, 0.1) is 0 Å². The third-order valence-electron chi connectivity index (χ3n) is 2.96. The number of aromatic nitrogens is 2. The van der Waals surface area contributed by atoms with Crippen LogP contribution in [0.2, 0.25) is 0 Å². The predicted molar refractivity (Wildman–Crippen MR) is 61.1 cm³/mol. The number of hydrogen-bond acceptors (Lipinski definition) is 3. The molecule has 0 spiro atoms. The molecule has 2 rings (SSSR count). The van der Waals surface area contributed by atoms with Gasteiger partial charge < -0.3 is 10.2 Å². The quantitative estimate of drug-likeness (QED) is 0.755. The van der Waals surface area contributed by atoms with E-state index < -0.39 is 0 Å². The lowest BCUT2D eigenvalue weighted by atomic mass is 10.2. The van der Waals surface area contributed by atoms with Gasteiger partial charge in [0.15, 0.2) is 0 Å². The summed E-state index contributed by atoms with van der Waals surface area (Å²) in [6, 6.07) is 1.94. The lowest BCUT2D eigenvalue weighted by Crippen LogP contribution is -2.36. The standard InChI is InChI=1S/C11H16N4O2/c1-14-9(2-5-13-14)3-6-15-7-4-10(16)12-8-11(15)17/h2,5H,3-4,6-8H2,1H3,(H,12,16). The maximum atomic E-state index is 11.7. The number of hydrogen-bond donors (Lipinski definition) is 1. The number of rotatable bonds is 3. The average molecular weight is 236 g/mol. The van der Waals surface area contributed by atoms with Crippen LogP contribution >= 0.6 is 0 Å². The van der Waals surface area contributed by atoms with Crippen molar-refractivity contribution in [2.45, 2.75) is 12.8 Å². The molecule has 6 heteroatoms. The van der Waals surface area contributed by atoms with Crippen LogP contribution in [0.1, 0.15) is 12.1 Å². The molecular weight excluding hydrogens is 220 g/mol. The van der Waals surface area contributed by atoms with E-state index in [1.54, 1.807) is 15.8 Å². The van der Waals surface area contributed by atoms with Crippen LogP contribution in [0.3, 0.4) is 0 Å². The third kappa shape index (κ3) is 2.83. The van der Waals surface area contributed by atoms with Gasteiger partial charge in [-0.2, -0.15) is 5.10 Å². The Labute approximate surface area is 99.6 Å². The molecule has 0 aliphatic carbocycles. The molecule has 17 heavy (non-hydrogen) atoms. The van der Waals surface area contributed by atoms with Gasteiger partial charge >= 0.3 is 0 Å². The minimum atomic E-state index is -0.0543. The molecule has 1 aliphatic heterocycles. The van der Waals surface area contributed by atoms with Gasteiger partial charge in [-0.05, 0) is 6.07 Å². The van der Waals surface area contributed by atoms with Crippen molar-refractivity contribution in [3.05, 3.63) is 18.0 Å². The molecule has 1 aromatic heterocycles. The van der Waals surface area contributed by atoms with Gasteiger partial charge in [0.25, 0.3) is 0 Å². The molecule has 0 aromatic carbocycles. The summed E-state index contributed by atoms with van der Waals surface area (Å²) in [5.41, 5.74) is 1.08. The van der Waals surface area contributed by atoms with E-state index in [9.17, 15) is 9.59 Å². The van der Waals surface area contributed by atoms with Gasteiger partial charge in [0.1, 0.15) is 0 Å². The van der Waals surface area contributed by atoms with Crippen LogP contribution < -0.4 is 5.32 Å². The average Bonchev–Trinajstić information content (AvgIpc) is 2.64. The molecule has 1 aromatic rings. The molecule has 1 N–H and O–H groups in total. The highest BCUT2D eigenvalue weighted by molar-refractivity contribution is 5.87. The Kier molecular flexibility index (Phi) is 3.41. The molecule has 0 unspecified atom stereocenters. The van der Waals surface area contributed by atoms with Crippen molar-refractivity contribution in [3.63, 3.8) is 0 Å². The zero-order chi connectivity index (χ0) is 12.3. The number of amides is 2. The number of aryl methyl sites for hydroxylation is 1. The topological polar surface area (TPSA) is 67.2 Å². The third-order valence-corrected chi connectivity index (χ3v) is 2.96. The van der Waals surface area contributed by atoms with Crippen LogP contribution in [0.4, 0.5) is 0 Å². The van der Waals surface area contributed by atoms with Gasteiger partial charge in [-0.1, -0.05) is 0 Å². The predicted octanol–water partition coefficient (Wildman–Crippen LogP) is -0.689. The Hall–Kier alpha value is -1.85. The van der Waals surface area contributed by atoms with Crippen molar-refractivity contribution < 1.29 is 9.59 Å². The maximum absolute atomic E-state index is 11.7. The molecule has 1 fully saturated rings. The largest absolute Gasteiger partial charge is 0.347 e. The maximum Gasteiger partial charge on any atom is 0.241 e. The van der Waals surface area contributed by atoms with Gasteiger partial charge in [0.05, 0.1) is 6.54 Å². The summed E-state index contributed by atoms with van der Waals surface area (Å²) in [5.74, 6) is -0.0700. The number of nitrogens with zero attached hydrogens (tertiary/aromatic N) is 3. The lowest BCUT2D eigenvalue weighted by Gasteiger charge is -2.19. The van der Waals surface area contributed by atoms with E-state index >= 15 is 0 Å². The smallest absolute Gasteiger partial charge is 0.241 e. The SMILES string of the molecule is Cn1nccc1CCN1CCC(=O)NCC1=O. The first-order valence-electron chi connectivity index (χ1n) is 5.68. The fourth-order valence-corrected chi connectivity index (χ4v) is 1.87. The first-order valence-corrected chi connectivity index (χ1v) is 5.68. The molecule has 1 aliphatic rings. The molecule has 6 nitrogen and oxygen atoms in total. The van der Waals surface area contributed by atoms with Crippen molar-refractivity contribution in [2.75, 3.05) is 19.6 Å². The van der Waals surface area contributed by atoms with E-state index in [1.807, 2.05) is 13.1 Å². The highest BCUT2D eigenvalue weighted by Gasteiger charge is 2.19. The van der Waals surface area contributed by atoms with Gasteiger partial charge in [0, 0.05) is 44.9 Å². The Morgan fingerprint density at radius 3 is 3.00 bits per heavy atom. The first kappa shape index (κ1) is 11.6. The number of carbonyl (C=O) groups excluding carboxylic acids is 2. The van der Waals surface area contributed by atoms with Gasteiger partial charge in [-0.25, -0.2) is 0 Å². The Balaban J connectivity index is 1.92. The Morgan fingerprint density at radius 1 is 1.47 bits per heavy atom. The van der Waals surface area contributed by atoms with Gasteiger partial charge in [-0.15, -0.1) is 0 Å². The molecule has 0 radical (unpaired) electrons. The summed E-state index contributed by atoms with van der Waals surface area (Å²) in [7, 11) is 1.88. The van der Waals surface area contributed by atoms with Gasteiger partial charge in [0.2, 0.25) is 11.8 Å². The number of nitrogens with one attached hydrogen (secondary N) is 1. The van der Waals surface area contributed by atoms with E-state index in [0.717, 1.165) is 12.1 Å². The van der Waals surface area contributed by atoms with Crippen LogP contribution in [0.15, 0.2) is 12.3 Å². The van der Waals surface area contributed by atoms with Crippen molar-refractivity contribution in [1.82, 2.24) is 20.0 Å². The summed E-state index contributed by atoms with van der Waals surface area (Å²) < 4.78 is 1.80. The Bertz CT molecular complexity index is 427. The minimum Gasteiger partial charge on any atom is -0.347 e. The monoisotopic (exact) mass is 236 g/mol. The van der Waals surface area contributed by atoms with E-state index in [1.165, 1.54) is 0 Å². The van der Waals surface area contributed by atoms with E-state index in [4.69, 9.17) is 0 Å². The van der Waals surface area contributed by atoms with Crippen LogP contribution in [-0.2, 0) is 23.1 Å². The molecule has 0 bridgehead atoms. The first-order chi connectivity index (χ1) is 8.16. The minimum absolute atomic E-state index is 0.0157.